The molecule has 0 atom stereocenters. The van der Waals surface area contributed by atoms with Crippen LogP contribution in [0.3, 0.4) is 0 Å². The van der Waals surface area contributed by atoms with Gasteiger partial charge in [0.2, 0.25) is 0 Å². The fourth-order valence-electron chi connectivity index (χ4n) is 1.26. The number of aliphatic hydroxyl groups is 1. The molecule has 0 aliphatic heterocycles. The standard InChI is InChI=1S/C8H6N3O3S/c12-3-4-1-6(15)10-7-5(8(13)14)2-9-11(4)7/h1-2,12H,3H2,(H,13,14). The summed E-state index contributed by atoms with van der Waals surface area (Å²) < 4.78 is 1.26. The predicted octanol–water partition coefficient (Wildman–Crippen LogP) is 0.476. The minimum Gasteiger partial charge on any atom is -0.477 e. The van der Waals surface area contributed by atoms with Crippen molar-refractivity contribution in [3.63, 3.8) is 0 Å². The van der Waals surface area contributed by atoms with E-state index in [0.29, 0.717) is 5.69 Å². The summed E-state index contributed by atoms with van der Waals surface area (Å²) in [6.07, 6.45) is 1.18. The predicted molar refractivity (Wildman–Crippen MR) is 51.7 cm³/mol. The second-order valence-electron chi connectivity index (χ2n) is 2.84. The maximum Gasteiger partial charge on any atom is 0.341 e. The van der Waals surface area contributed by atoms with Gasteiger partial charge in [-0.05, 0) is 6.07 Å². The highest BCUT2D eigenvalue weighted by atomic mass is 32.1. The van der Waals surface area contributed by atoms with E-state index in [-0.39, 0.29) is 22.8 Å². The molecule has 0 saturated heterocycles. The Bertz CT molecular complexity index is 537. The Balaban J connectivity index is 2.80. The van der Waals surface area contributed by atoms with Gasteiger partial charge in [-0.15, -0.1) is 0 Å². The van der Waals surface area contributed by atoms with E-state index in [0.717, 1.165) is 0 Å². The lowest BCUT2D eigenvalue weighted by Gasteiger charge is -2.01. The number of nitrogens with zero attached hydrogens (tertiary/aromatic N) is 3. The number of aliphatic hydroxyl groups excluding tert-OH is 1. The molecule has 0 aliphatic rings. The van der Waals surface area contributed by atoms with E-state index in [9.17, 15) is 4.79 Å². The summed E-state index contributed by atoms with van der Waals surface area (Å²) in [5, 5.41) is 21.9. The molecule has 2 aromatic heterocycles. The van der Waals surface area contributed by atoms with Gasteiger partial charge in [0.15, 0.2) is 5.65 Å². The molecule has 2 rings (SSSR count). The van der Waals surface area contributed by atoms with Gasteiger partial charge in [-0.25, -0.2) is 14.3 Å². The van der Waals surface area contributed by atoms with Crippen molar-refractivity contribution in [2.75, 3.05) is 0 Å². The molecular formula is C8H6N3O3S. The third kappa shape index (κ3) is 1.51. The first-order chi connectivity index (χ1) is 7.13. The number of hydrogen-bond acceptors (Lipinski definition) is 4. The average Bonchev–Trinajstić information content (AvgIpc) is 2.59. The van der Waals surface area contributed by atoms with E-state index >= 15 is 0 Å². The minimum absolute atomic E-state index is 0.0311. The first kappa shape index (κ1) is 9.81. The Morgan fingerprint density at radius 1 is 1.60 bits per heavy atom. The maximum atomic E-state index is 10.8. The minimum atomic E-state index is -1.12. The number of aromatic carboxylic acids is 1. The zero-order valence-electron chi connectivity index (χ0n) is 7.41. The molecule has 0 unspecified atom stereocenters. The third-order valence-electron chi connectivity index (χ3n) is 1.91. The van der Waals surface area contributed by atoms with Crippen molar-refractivity contribution < 1.29 is 15.0 Å². The second-order valence-corrected chi connectivity index (χ2v) is 3.26. The van der Waals surface area contributed by atoms with Gasteiger partial charge in [0.05, 0.1) is 18.5 Å². The van der Waals surface area contributed by atoms with Crippen LogP contribution < -0.4 is 0 Å². The van der Waals surface area contributed by atoms with Crippen LogP contribution in [-0.2, 0) is 6.61 Å². The quantitative estimate of drug-likeness (QED) is 0.724. The van der Waals surface area contributed by atoms with Crippen LogP contribution in [0.15, 0.2) is 17.3 Å². The SMILES string of the molecule is O=C(O)c1cnn2c(CO)cc([S])nc12. The van der Waals surface area contributed by atoms with E-state index in [1.807, 2.05) is 0 Å². The number of aromatic nitrogens is 3. The Hall–Kier alpha value is -1.73. The number of fused-ring (bicyclic) bond motifs is 1. The summed E-state index contributed by atoms with van der Waals surface area (Å²) in [5.74, 6) is -1.12. The second kappa shape index (κ2) is 3.44. The summed E-state index contributed by atoms with van der Waals surface area (Å²) >= 11 is 4.85. The molecule has 2 N–H and O–H groups in total. The number of carbonyl (C=O) groups is 1. The van der Waals surface area contributed by atoms with Crippen LogP contribution in [-0.4, -0.2) is 30.8 Å². The molecule has 2 aromatic rings. The Morgan fingerprint density at radius 3 is 2.93 bits per heavy atom. The zero-order valence-corrected chi connectivity index (χ0v) is 8.23. The van der Waals surface area contributed by atoms with Crippen molar-refractivity contribution in [3.8, 4) is 0 Å². The van der Waals surface area contributed by atoms with E-state index in [1.165, 1.54) is 16.8 Å². The lowest BCUT2D eigenvalue weighted by Crippen LogP contribution is -2.03. The zero-order chi connectivity index (χ0) is 11.0. The van der Waals surface area contributed by atoms with E-state index in [2.05, 4.69) is 10.1 Å². The highest BCUT2D eigenvalue weighted by Crippen LogP contribution is 2.14. The molecule has 1 radical (unpaired) electrons. The Morgan fingerprint density at radius 2 is 2.33 bits per heavy atom. The van der Waals surface area contributed by atoms with Crippen molar-refractivity contribution in [1.29, 1.82) is 0 Å². The molecule has 0 fully saturated rings. The van der Waals surface area contributed by atoms with Crippen LogP contribution in [0.2, 0.25) is 0 Å². The molecule has 2 heterocycles. The molecule has 15 heavy (non-hydrogen) atoms. The molecule has 77 valence electrons. The summed E-state index contributed by atoms with van der Waals surface area (Å²) in [6.45, 7) is -0.274. The van der Waals surface area contributed by atoms with Crippen molar-refractivity contribution in [2.24, 2.45) is 0 Å². The van der Waals surface area contributed by atoms with Gasteiger partial charge in [-0.1, -0.05) is 12.6 Å². The third-order valence-corrected chi connectivity index (χ3v) is 2.12. The van der Waals surface area contributed by atoms with Gasteiger partial charge in [0.25, 0.3) is 0 Å². The Kier molecular flexibility index (Phi) is 2.25. The summed E-state index contributed by atoms with van der Waals surface area (Å²) in [6, 6.07) is 1.47. The van der Waals surface area contributed by atoms with Crippen LogP contribution in [0.25, 0.3) is 5.65 Å². The molecule has 6 nitrogen and oxygen atoms in total. The fourth-order valence-corrected chi connectivity index (χ4v) is 1.49. The average molecular weight is 224 g/mol. The van der Waals surface area contributed by atoms with Gasteiger partial charge < -0.3 is 10.2 Å². The van der Waals surface area contributed by atoms with Crippen LogP contribution in [0.1, 0.15) is 16.1 Å². The smallest absolute Gasteiger partial charge is 0.341 e. The van der Waals surface area contributed by atoms with Gasteiger partial charge in [0, 0.05) is 0 Å². The first-order valence-corrected chi connectivity index (χ1v) is 4.43. The topological polar surface area (TPSA) is 87.7 Å². The van der Waals surface area contributed by atoms with E-state index in [1.54, 1.807) is 0 Å². The number of rotatable bonds is 2. The van der Waals surface area contributed by atoms with Crippen molar-refractivity contribution >= 4 is 24.2 Å². The number of carboxylic acid groups (broad SMARTS) is 1. The highest BCUT2D eigenvalue weighted by molar-refractivity contribution is 7.80. The van der Waals surface area contributed by atoms with Gasteiger partial charge >= 0.3 is 5.97 Å². The van der Waals surface area contributed by atoms with Gasteiger partial charge in [0.1, 0.15) is 10.6 Å². The summed E-state index contributed by atoms with van der Waals surface area (Å²) in [7, 11) is 0. The van der Waals surface area contributed by atoms with Crippen LogP contribution in [0, 0.1) is 0 Å². The van der Waals surface area contributed by atoms with Crippen LogP contribution in [0.4, 0.5) is 0 Å². The van der Waals surface area contributed by atoms with Crippen LogP contribution >= 0.6 is 12.6 Å². The molecule has 0 spiro atoms. The molecular weight excluding hydrogens is 218 g/mol. The summed E-state index contributed by atoms with van der Waals surface area (Å²) in [5.41, 5.74) is 0.535. The number of hydrogen-bond donors (Lipinski definition) is 2. The molecule has 7 heteroatoms. The molecule has 0 aromatic carbocycles. The van der Waals surface area contributed by atoms with Crippen molar-refractivity contribution in [1.82, 2.24) is 14.6 Å². The normalized spacial score (nSPS) is 10.7. The van der Waals surface area contributed by atoms with Gasteiger partial charge in [-0.2, -0.15) is 5.10 Å². The lowest BCUT2D eigenvalue weighted by molar-refractivity contribution is 0.0698. The van der Waals surface area contributed by atoms with E-state index in [4.69, 9.17) is 22.8 Å². The molecule has 0 aliphatic carbocycles. The van der Waals surface area contributed by atoms with Crippen molar-refractivity contribution in [2.45, 2.75) is 11.6 Å². The molecule has 0 saturated carbocycles. The van der Waals surface area contributed by atoms with Gasteiger partial charge in [-0.3, -0.25) is 0 Å². The largest absolute Gasteiger partial charge is 0.477 e. The Labute approximate surface area is 89.6 Å². The van der Waals surface area contributed by atoms with E-state index < -0.39 is 5.97 Å². The van der Waals surface area contributed by atoms with Crippen molar-refractivity contribution in [3.05, 3.63) is 23.5 Å². The fraction of sp³-hybridized carbons (Fsp3) is 0.125. The monoisotopic (exact) mass is 224 g/mol. The highest BCUT2D eigenvalue weighted by Gasteiger charge is 2.15. The molecule has 0 amide bonds. The lowest BCUT2D eigenvalue weighted by atomic mass is 10.3. The van der Waals surface area contributed by atoms with Crippen LogP contribution in [0.5, 0.6) is 0 Å². The number of carboxylic acids is 1. The molecule has 0 bridgehead atoms. The summed E-state index contributed by atoms with van der Waals surface area (Å²) in [4.78, 5) is 14.7. The first-order valence-electron chi connectivity index (χ1n) is 4.02. The maximum absolute atomic E-state index is 10.8.